The van der Waals surface area contributed by atoms with Gasteiger partial charge in [-0.15, -0.1) is 10.2 Å². The van der Waals surface area contributed by atoms with E-state index in [0.717, 1.165) is 16.9 Å². The highest BCUT2D eigenvalue weighted by molar-refractivity contribution is 7.99. The van der Waals surface area contributed by atoms with E-state index in [0.29, 0.717) is 11.1 Å². The molecule has 0 radical (unpaired) electrons. The maximum absolute atomic E-state index is 8.73. The summed E-state index contributed by atoms with van der Waals surface area (Å²) in [6.45, 7) is 6.00. The van der Waals surface area contributed by atoms with E-state index in [4.69, 9.17) is 14.4 Å². The summed E-state index contributed by atoms with van der Waals surface area (Å²) >= 11 is 1.23. The molecule has 6 heteroatoms. The number of rotatable bonds is 5. The number of aryl methyl sites for hydroxylation is 2. The van der Waals surface area contributed by atoms with Gasteiger partial charge in [-0.1, -0.05) is 12.1 Å². The molecule has 0 amide bonds. The van der Waals surface area contributed by atoms with Gasteiger partial charge < -0.3 is 9.15 Å². The molecule has 0 aliphatic heterocycles. The van der Waals surface area contributed by atoms with Crippen LogP contribution in [-0.2, 0) is 6.61 Å². The van der Waals surface area contributed by atoms with Crippen molar-refractivity contribution in [3.05, 3.63) is 35.2 Å². The van der Waals surface area contributed by atoms with Crippen molar-refractivity contribution >= 4 is 11.8 Å². The van der Waals surface area contributed by atoms with Gasteiger partial charge in [-0.05, 0) is 49.7 Å². The summed E-state index contributed by atoms with van der Waals surface area (Å²) in [5.74, 6) is 1.21. The van der Waals surface area contributed by atoms with E-state index < -0.39 is 0 Å². The second-order valence-corrected chi connectivity index (χ2v) is 5.70. The van der Waals surface area contributed by atoms with Crippen molar-refractivity contribution in [2.45, 2.75) is 37.9 Å². The Morgan fingerprint density at radius 1 is 1.40 bits per heavy atom. The number of nitrogens with zero attached hydrogens (tertiary/aromatic N) is 3. The van der Waals surface area contributed by atoms with Crippen LogP contribution in [0, 0.1) is 25.2 Å². The molecule has 0 N–H and O–H groups in total. The van der Waals surface area contributed by atoms with Gasteiger partial charge in [0.2, 0.25) is 0 Å². The molecule has 1 aromatic heterocycles. The molecule has 1 heterocycles. The average molecular weight is 289 g/mol. The van der Waals surface area contributed by atoms with Crippen LogP contribution in [0.1, 0.15) is 23.9 Å². The third kappa shape index (κ3) is 3.75. The highest BCUT2D eigenvalue weighted by atomic mass is 32.2. The quantitative estimate of drug-likeness (QED) is 0.787. The van der Waals surface area contributed by atoms with Crippen molar-refractivity contribution in [2.24, 2.45) is 0 Å². The molecule has 0 saturated heterocycles. The lowest BCUT2D eigenvalue weighted by molar-refractivity contribution is 0.250. The fourth-order valence-electron chi connectivity index (χ4n) is 1.52. The van der Waals surface area contributed by atoms with Crippen molar-refractivity contribution in [3.8, 4) is 11.8 Å². The Kier molecular flexibility index (Phi) is 4.64. The van der Waals surface area contributed by atoms with Crippen LogP contribution in [0.5, 0.6) is 5.75 Å². The standard InChI is InChI=1S/C14H15N3O2S/c1-9-4-5-10(2)12(6-9)18-8-13-16-17-14(19-13)20-11(3)7-15/h4-6,11H,8H2,1-3H3/t11-/m1/s1. The van der Waals surface area contributed by atoms with Crippen LogP contribution in [0.3, 0.4) is 0 Å². The molecule has 0 fully saturated rings. The molecule has 1 atom stereocenters. The molecule has 5 nitrogen and oxygen atoms in total. The zero-order valence-corrected chi connectivity index (χ0v) is 12.4. The third-order valence-corrected chi connectivity index (χ3v) is 3.43. The molecule has 2 aromatic rings. The van der Waals surface area contributed by atoms with Crippen LogP contribution in [-0.4, -0.2) is 15.4 Å². The van der Waals surface area contributed by atoms with Gasteiger partial charge in [0.1, 0.15) is 5.75 Å². The SMILES string of the molecule is Cc1ccc(C)c(OCc2nnc(S[C@H](C)C#N)o2)c1. The predicted octanol–water partition coefficient (Wildman–Crippen LogP) is 3.27. The minimum absolute atomic E-state index is 0.219. The molecule has 2 rings (SSSR count). The smallest absolute Gasteiger partial charge is 0.277 e. The summed E-state index contributed by atoms with van der Waals surface area (Å²) in [5, 5.41) is 16.7. The first-order valence-electron chi connectivity index (χ1n) is 6.17. The van der Waals surface area contributed by atoms with Gasteiger partial charge in [-0.25, -0.2) is 0 Å². The van der Waals surface area contributed by atoms with Gasteiger partial charge in [0.25, 0.3) is 11.1 Å². The van der Waals surface area contributed by atoms with E-state index in [1.54, 1.807) is 6.92 Å². The van der Waals surface area contributed by atoms with E-state index >= 15 is 0 Å². The topological polar surface area (TPSA) is 71.9 Å². The Labute approximate surface area is 122 Å². The van der Waals surface area contributed by atoms with Crippen molar-refractivity contribution < 1.29 is 9.15 Å². The first-order chi connectivity index (χ1) is 9.58. The van der Waals surface area contributed by atoms with Gasteiger partial charge >= 0.3 is 0 Å². The molecular formula is C14H15N3O2S. The van der Waals surface area contributed by atoms with Gasteiger partial charge in [0, 0.05) is 0 Å². The Balaban J connectivity index is 1.98. The molecule has 0 spiro atoms. The zero-order chi connectivity index (χ0) is 14.5. The first-order valence-corrected chi connectivity index (χ1v) is 7.05. The number of nitriles is 1. The number of aromatic nitrogens is 2. The summed E-state index contributed by atoms with van der Waals surface area (Å²) in [7, 11) is 0. The fraction of sp³-hybridized carbons (Fsp3) is 0.357. The van der Waals surface area contributed by atoms with Crippen LogP contribution in [0.2, 0.25) is 0 Å². The van der Waals surface area contributed by atoms with Crippen molar-refractivity contribution in [1.82, 2.24) is 10.2 Å². The molecule has 20 heavy (non-hydrogen) atoms. The summed E-state index contributed by atoms with van der Waals surface area (Å²) in [6, 6.07) is 8.11. The van der Waals surface area contributed by atoms with Crippen LogP contribution >= 0.6 is 11.8 Å². The van der Waals surface area contributed by atoms with Crippen LogP contribution in [0.15, 0.2) is 27.8 Å². The second-order valence-electron chi connectivity index (χ2n) is 4.41. The number of hydrogen-bond acceptors (Lipinski definition) is 6. The Hall–Kier alpha value is -2.00. The van der Waals surface area contributed by atoms with E-state index in [1.165, 1.54) is 11.8 Å². The van der Waals surface area contributed by atoms with E-state index in [9.17, 15) is 0 Å². The minimum atomic E-state index is -0.219. The maximum Gasteiger partial charge on any atom is 0.277 e. The molecule has 0 aliphatic carbocycles. The molecule has 1 aromatic carbocycles. The normalized spacial score (nSPS) is 11.9. The summed E-state index contributed by atoms with van der Waals surface area (Å²) in [6.07, 6.45) is 0. The Morgan fingerprint density at radius 3 is 2.95 bits per heavy atom. The van der Waals surface area contributed by atoms with Gasteiger partial charge in [-0.2, -0.15) is 5.26 Å². The number of benzene rings is 1. The monoisotopic (exact) mass is 289 g/mol. The van der Waals surface area contributed by atoms with Gasteiger partial charge in [-0.3, -0.25) is 0 Å². The van der Waals surface area contributed by atoms with Crippen LogP contribution in [0.4, 0.5) is 0 Å². The van der Waals surface area contributed by atoms with Crippen molar-refractivity contribution in [2.75, 3.05) is 0 Å². The summed E-state index contributed by atoms with van der Waals surface area (Å²) in [4.78, 5) is 0. The van der Waals surface area contributed by atoms with E-state index in [-0.39, 0.29) is 11.9 Å². The highest BCUT2D eigenvalue weighted by Gasteiger charge is 2.11. The lowest BCUT2D eigenvalue weighted by Crippen LogP contribution is -1.97. The minimum Gasteiger partial charge on any atom is -0.484 e. The molecule has 0 aliphatic rings. The van der Waals surface area contributed by atoms with Gasteiger partial charge in [0.05, 0.1) is 11.3 Å². The first kappa shape index (κ1) is 14.4. The molecule has 0 saturated carbocycles. The van der Waals surface area contributed by atoms with Crippen LogP contribution < -0.4 is 4.74 Å². The Bertz CT molecular complexity index is 634. The average Bonchev–Trinajstić information content (AvgIpc) is 2.87. The number of hydrogen-bond donors (Lipinski definition) is 0. The number of thioether (sulfide) groups is 1. The predicted molar refractivity (Wildman–Crippen MR) is 75.5 cm³/mol. The van der Waals surface area contributed by atoms with Crippen molar-refractivity contribution in [3.63, 3.8) is 0 Å². The lowest BCUT2D eigenvalue weighted by Gasteiger charge is -2.07. The van der Waals surface area contributed by atoms with E-state index in [1.807, 2.05) is 32.0 Å². The Morgan fingerprint density at radius 2 is 2.20 bits per heavy atom. The molecule has 104 valence electrons. The number of ether oxygens (including phenoxy) is 1. The highest BCUT2D eigenvalue weighted by Crippen LogP contribution is 2.23. The summed E-state index contributed by atoms with van der Waals surface area (Å²) < 4.78 is 11.1. The van der Waals surface area contributed by atoms with Crippen LogP contribution in [0.25, 0.3) is 0 Å². The molecule has 0 unspecified atom stereocenters. The molecular weight excluding hydrogens is 274 g/mol. The summed E-state index contributed by atoms with van der Waals surface area (Å²) in [5.41, 5.74) is 2.19. The zero-order valence-electron chi connectivity index (χ0n) is 11.6. The lowest BCUT2D eigenvalue weighted by atomic mass is 10.1. The van der Waals surface area contributed by atoms with Gasteiger partial charge in [0.15, 0.2) is 6.61 Å². The largest absolute Gasteiger partial charge is 0.484 e. The van der Waals surface area contributed by atoms with Crippen molar-refractivity contribution in [1.29, 1.82) is 5.26 Å². The second kappa shape index (κ2) is 6.44. The molecule has 0 bridgehead atoms. The maximum atomic E-state index is 8.73. The fourth-order valence-corrected chi connectivity index (χ4v) is 2.11. The van der Waals surface area contributed by atoms with E-state index in [2.05, 4.69) is 16.3 Å². The third-order valence-electron chi connectivity index (χ3n) is 2.60.